The van der Waals surface area contributed by atoms with Crippen LogP contribution in [-0.4, -0.2) is 46.2 Å². The molecule has 1 aliphatic rings. The number of carbonyl (C=O) groups is 3. The number of ether oxygens (including phenoxy) is 2. The van der Waals surface area contributed by atoms with Crippen LogP contribution in [-0.2, 0) is 9.59 Å². The molecule has 31 heavy (non-hydrogen) atoms. The first-order valence-corrected chi connectivity index (χ1v) is 10.2. The number of benzene rings is 2. The molecule has 0 radical (unpaired) electrons. The van der Waals surface area contributed by atoms with Crippen LogP contribution in [0.2, 0.25) is 0 Å². The average Bonchev–Trinajstić information content (AvgIpc) is 3.09. The highest BCUT2D eigenvalue weighted by molar-refractivity contribution is 8.15. The summed E-state index contributed by atoms with van der Waals surface area (Å²) >= 11 is 1.01. The summed E-state index contributed by atoms with van der Waals surface area (Å²) in [6.45, 7) is 2.18. The van der Waals surface area contributed by atoms with E-state index in [0.29, 0.717) is 23.5 Å². The molecule has 1 unspecified atom stereocenters. The second-order valence-corrected chi connectivity index (χ2v) is 7.43. The Morgan fingerprint density at radius 2 is 1.97 bits per heavy atom. The number of aliphatic carboxylic acids is 1. The Morgan fingerprint density at radius 1 is 1.19 bits per heavy atom. The number of hydrogen-bond donors (Lipinski definition) is 2. The van der Waals surface area contributed by atoms with Crippen molar-refractivity contribution in [2.75, 3.05) is 6.61 Å². The van der Waals surface area contributed by atoms with E-state index in [2.05, 4.69) is 15.5 Å². The Bertz CT molecular complexity index is 1040. The van der Waals surface area contributed by atoms with Gasteiger partial charge in [0.1, 0.15) is 5.25 Å². The van der Waals surface area contributed by atoms with Gasteiger partial charge >= 0.3 is 11.9 Å². The van der Waals surface area contributed by atoms with E-state index in [4.69, 9.17) is 14.6 Å². The number of nitrogens with one attached hydrogen (secondary N) is 1. The van der Waals surface area contributed by atoms with E-state index in [1.54, 1.807) is 42.5 Å². The largest absolute Gasteiger partial charge is 0.490 e. The molecule has 160 valence electrons. The third-order valence-corrected chi connectivity index (χ3v) is 5.04. The molecule has 1 atom stereocenters. The number of hydrogen-bond acceptors (Lipinski definition) is 8. The van der Waals surface area contributed by atoms with Crippen molar-refractivity contribution in [1.82, 2.24) is 5.32 Å². The monoisotopic (exact) mass is 441 g/mol. The van der Waals surface area contributed by atoms with Gasteiger partial charge in [0.25, 0.3) is 0 Å². The van der Waals surface area contributed by atoms with Crippen molar-refractivity contribution >= 4 is 41.0 Å². The Labute approximate surface area is 182 Å². The van der Waals surface area contributed by atoms with E-state index in [9.17, 15) is 14.4 Å². The number of amidine groups is 1. The summed E-state index contributed by atoms with van der Waals surface area (Å²) in [5.74, 6) is -1.33. The average molecular weight is 441 g/mol. The summed E-state index contributed by atoms with van der Waals surface area (Å²) in [6.07, 6.45) is 1.15. The van der Waals surface area contributed by atoms with E-state index in [-0.39, 0.29) is 17.3 Å². The zero-order valence-electron chi connectivity index (χ0n) is 16.5. The van der Waals surface area contributed by atoms with Gasteiger partial charge in [-0.25, -0.2) is 4.79 Å². The smallest absolute Gasteiger partial charge is 0.343 e. The van der Waals surface area contributed by atoms with Crippen LogP contribution in [0.4, 0.5) is 0 Å². The van der Waals surface area contributed by atoms with Gasteiger partial charge in [0.05, 0.1) is 24.8 Å². The zero-order chi connectivity index (χ0) is 22.2. The van der Waals surface area contributed by atoms with Gasteiger partial charge < -0.3 is 19.9 Å². The van der Waals surface area contributed by atoms with Crippen molar-refractivity contribution in [2.24, 2.45) is 10.2 Å². The van der Waals surface area contributed by atoms with E-state index in [1.807, 2.05) is 13.0 Å². The molecule has 0 spiro atoms. The molecule has 0 aromatic heterocycles. The van der Waals surface area contributed by atoms with E-state index in [1.165, 1.54) is 6.21 Å². The minimum atomic E-state index is -1.06. The molecule has 0 saturated carbocycles. The first kappa shape index (κ1) is 22.0. The van der Waals surface area contributed by atoms with Crippen molar-refractivity contribution in [3.05, 3.63) is 59.7 Å². The van der Waals surface area contributed by atoms with Gasteiger partial charge in [0.2, 0.25) is 5.91 Å². The number of thioether (sulfide) groups is 1. The molecule has 10 heteroatoms. The minimum absolute atomic E-state index is 0.228. The highest BCUT2D eigenvalue weighted by Gasteiger charge is 2.32. The maximum Gasteiger partial charge on any atom is 0.343 e. The third kappa shape index (κ3) is 6.16. The minimum Gasteiger partial charge on any atom is -0.490 e. The summed E-state index contributed by atoms with van der Waals surface area (Å²) in [5.41, 5.74) is 1.05. The van der Waals surface area contributed by atoms with E-state index < -0.39 is 23.1 Å². The lowest BCUT2D eigenvalue weighted by molar-refractivity contribution is -0.138. The lowest BCUT2D eigenvalue weighted by atomic mass is 10.2. The summed E-state index contributed by atoms with van der Waals surface area (Å²) in [4.78, 5) is 34.8. The third-order valence-electron chi connectivity index (χ3n) is 3.97. The fraction of sp³-hybridized carbons (Fsp3) is 0.190. The highest BCUT2D eigenvalue weighted by atomic mass is 32.2. The SMILES string of the molecule is CCOc1cc(C=NN=C2NC(=O)C(CC(=O)O)S2)ccc1OC(=O)c1ccccc1. The van der Waals surface area contributed by atoms with Gasteiger partial charge in [-0.05, 0) is 42.8 Å². The van der Waals surface area contributed by atoms with Crippen LogP contribution in [0.5, 0.6) is 11.5 Å². The van der Waals surface area contributed by atoms with Crippen molar-refractivity contribution in [3.8, 4) is 11.5 Å². The van der Waals surface area contributed by atoms with Crippen molar-refractivity contribution in [3.63, 3.8) is 0 Å². The van der Waals surface area contributed by atoms with Crippen LogP contribution in [0, 0.1) is 0 Å². The van der Waals surface area contributed by atoms with Crippen molar-refractivity contribution in [2.45, 2.75) is 18.6 Å². The first-order valence-electron chi connectivity index (χ1n) is 9.30. The van der Waals surface area contributed by atoms with Crippen molar-refractivity contribution in [1.29, 1.82) is 0 Å². The number of esters is 1. The van der Waals surface area contributed by atoms with Crippen LogP contribution < -0.4 is 14.8 Å². The zero-order valence-corrected chi connectivity index (χ0v) is 17.3. The summed E-state index contributed by atoms with van der Waals surface area (Å²) in [5, 5.41) is 18.6. The lowest BCUT2D eigenvalue weighted by Crippen LogP contribution is -2.26. The van der Waals surface area contributed by atoms with Gasteiger partial charge in [0, 0.05) is 0 Å². The van der Waals surface area contributed by atoms with E-state index >= 15 is 0 Å². The molecule has 1 fully saturated rings. The summed E-state index contributed by atoms with van der Waals surface area (Å²) in [6, 6.07) is 13.5. The fourth-order valence-corrected chi connectivity index (χ4v) is 3.50. The summed E-state index contributed by atoms with van der Waals surface area (Å²) in [7, 11) is 0. The predicted octanol–water partition coefficient (Wildman–Crippen LogP) is 2.70. The molecular weight excluding hydrogens is 422 g/mol. The quantitative estimate of drug-likeness (QED) is 0.279. The maximum atomic E-state index is 12.3. The normalized spacial score (nSPS) is 17.0. The predicted molar refractivity (Wildman–Crippen MR) is 116 cm³/mol. The number of amides is 1. The molecule has 9 nitrogen and oxygen atoms in total. The number of carboxylic acid groups (broad SMARTS) is 1. The van der Waals surface area contributed by atoms with Gasteiger partial charge in [-0.1, -0.05) is 30.0 Å². The van der Waals surface area contributed by atoms with Crippen LogP contribution in [0.25, 0.3) is 0 Å². The maximum absolute atomic E-state index is 12.3. The van der Waals surface area contributed by atoms with Gasteiger partial charge in [-0.3, -0.25) is 9.59 Å². The molecule has 3 rings (SSSR count). The molecule has 1 heterocycles. The molecule has 2 N–H and O–H groups in total. The Hall–Kier alpha value is -3.66. The van der Waals surface area contributed by atoms with Crippen molar-refractivity contribution < 1.29 is 29.0 Å². The van der Waals surface area contributed by atoms with Crippen LogP contribution >= 0.6 is 11.8 Å². The number of carbonyl (C=O) groups excluding carboxylic acids is 2. The molecular formula is C21H19N3O6S. The number of rotatable bonds is 8. The highest BCUT2D eigenvalue weighted by Crippen LogP contribution is 2.29. The number of carboxylic acids is 1. The lowest BCUT2D eigenvalue weighted by Gasteiger charge is -2.11. The molecule has 1 aliphatic heterocycles. The van der Waals surface area contributed by atoms with Gasteiger partial charge in [0.15, 0.2) is 16.7 Å². The Kier molecular flexibility index (Phi) is 7.39. The molecule has 1 amide bonds. The molecule has 2 aromatic carbocycles. The fourth-order valence-electron chi connectivity index (χ4n) is 2.58. The molecule has 0 aliphatic carbocycles. The standard InChI is InChI=1S/C21H19N3O6S/c1-2-29-16-10-13(8-9-15(16)30-20(28)14-6-4-3-5-7-14)12-22-24-21-23-19(27)17(31-21)11-18(25)26/h3-10,12,17H,2,11H2,1H3,(H,25,26)(H,23,24,27). The Balaban J connectivity index is 1.70. The first-order chi connectivity index (χ1) is 15.0. The molecule has 0 bridgehead atoms. The molecule has 2 aromatic rings. The van der Waals surface area contributed by atoms with Gasteiger partial charge in [-0.2, -0.15) is 5.10 Å². The van der Waals surface area contributed by atoms with Crippen LogP contribution in [0.15, 0.2) is 58.7 Å². The van der Waals surface area contributed by atoms with Crippen LogP contribution in [0.3, 0.4) is 0 Å². The van der Waals surface area contributed by atoms with E-state index in [0.717, 1.165) is 11.8 Å². The number of nitrogens with zero attached hydrogens (tertiary/aromatic N) is 2. The topological polar surface area (TPSA) is 127 Å². The second-order valence-electron chi connectivity index (χ2n) is 6.24. The van der Waals surface area contributed by atoms with Crippen LogP contribution in [0.1, 0.15) is 29.3 Å². The summed E-state index contributed by atoms with van der Waals surface area (Å²) < 4.78 is 11.0. The Morgan fingerprint density at radius 3 is 2.68 bits per heavy atom. The van der Waals surface area contributed by atoms with Gasteiger partial charge in [-0.15, -0.1) is 5.10 Å². The molecule has 1 saturated heterocycles. The second kappa shape index (κ2) is 10.4.